The molecule has 0 aromatic heterocycles. The molecule has 0 aliphatic heterocycles. The molecule has 0 amide bonds. The van der Waals surface area contributed by atoms with Gasteiger partial charge in [-0.05, 0) is 125 Å². The Morgan fingerprint density at radius 3 is 0.871 bits per heavy atom. The topological polar surface area (TPSA) is 0 Å². The van der Waals surface area contributed by atoms with E-state index in [4.69, 9.17) is 0 Å². The molecule has 0 bridgehead atoms. The first-order valence-electron chi connectivity index (χ1n) is 24.2. The summed E-state index contributed by atoms with van der Waals surface area (Å²) in [6.07, 6.45) is 15.4. The van der Waals surface area contributed by atoms with Gasteiger partial charge in [0.1, 0.15) is 0 Å². The minimum atomic E-state index is 0.920. The predicted octanol–water partition coefficient (Wildman–Crippen LogP) is 18.1. The maximum Gasteiger partial charge on any atom is -0.00258 e. The van der Waals surface area contributed by atoms with Crippen LogP contribution in [0.2, 0.25) is 0 Å². The molecule has 0 aliphatic carbocycles. The summed E-state index contributed by atoms with van der Waals surface area (Å²) in [5.74, 6) is 0. The standard InChI is InChI=1S/C70H54/c1-5-17-55(18-6-1)49-57-35-45-65(46-36-57)69(63-23-9-3-10-24-63)51-67-27-15-13-21-59(67)39-29-53-31-41-61(42-32-53)62-43-33-54(34-44-62)30-40-60-22-14-16-28-68(60)52-70(64-25-11-4-12-26-64)66-47-37-58(38-48-66)50-56-19-7-2-8-20-56/h1-48,51-52H,49-50H2. The van der Waals surface area contributed by atoms with E-state index in [1.165, 1.54) is 89.0 Å². The van der Waals surface area contributed by atoms with Crippen molar-refractivity contribution in [1.29, 1.82) is 0 Å². The van der Waals surface area contributed by atoms with Crippen molar-refractivity contribution >= 4 is 47.6 Å². The fourth-order valence-electron chi connectivity index (χ4n) is 9.01. The number of hydrogen-bond donors (Lipinski definition) is 0. The van der Waals surface area contributed by atoms with Crippen LogP contribution in [-0.4, -0.2) is 0 Å². The molecular weight excluding hydrogens is 841 g/mol. The van der Waals surface area contributed by atoms with Crippen molar-refractivity contribution in [2.45, 2.75) is 12.8 Å². The van der Waals surface area contributed by atoms with Gasteiger partial charge in [0.05, 0.1) is 0 Å². The van der Waals surface area contributed by atoms with Crippen molar-refractivity contribution in [1.82, 2.24) is 0 Å². The summed E-state index contributed by atoms with van der Waals surface area (Å²) in [5.41, 5.74) is 21.8. The Morgan fingerprint density at radius 2 is 0.514 bits per heavy atom. The van der Waals surface area contributed by atoms with Crippen LogP contribution in [0.4, 0.5) is 0 Å². The fraction of sp³-hybridized carbons (Fsp3) is 0.0286. The molecule has 0 saturated carbocycles. The van der Waals surface area contributed by atoms with E-state index >= 15 is 0 Å². The molecule has 334 valence electrons. The van der Waals surface area contributed by atoms with E-state index in [9.17, 15) is 0 Å². The van der Waals surface area contributed by atoms with Crippen LogP contribution in [0.3, 0.4) is 0 Å². The lowest BCUT2D eigenvalue weighted by molar-refractivity contribution is 1.19. The van der Waals surface area contributed by atoms with Gasteiger partial charge in [-0.1, -0.05) is 291 Å². The smallest absolute Gasteiger partial charge is 0.00258 e. The minimum Gasteiger partial charge on any atom is -0.0622 e. The fourth-order valence-corrected chi connectivity index (χ4v) is 9.01. The van der Waals surface area contributed by atoms with Crippen LogP contribution in [0.15, 0.2) is 267 Å². The molecule has 10 aromatic carbocycles. The molecule has 0 atom stereocenters. The Kier molecular flexibility index (Phi) is 14.3. The average molecular weight is 895 g/mol. The summed E-state index contributed by atoms with van der Waals surface area (Å²) < 4.78 is 0. The highest BCUT2D eigenvalue weighted by Crippen LogP contribution is 2.31. The van der Waals surface area contributed by atoms with Gasteiger partial charge in [0, 0.05) is 0 Å². The van der Waals surface area contributed by atoms with E-state index in [2.05, 4.69) is 303 Å². The lowest BCUT2D eigenvalue weighted by atomic mass is 9.93. The summed E-state index contributed by atoms with van der Waals surface area (Å²) >= 11 is 0. The van der Waals surface area contributed by atoms with Crippen molar-refractivity contribution in [2.75, 3.05) is 0 Å². The number of hydrogen-bond acceptors (Lipinski definition) is 0. The molecule has 0 heterocycles. The largest absolute Gasteiger partial charge is 0.0622 e. The van der Waals surface area contributed by atoms with Crippen LogP contribution in [-0.2, 0) is 12.8 Å². The van der Waals surface area contributed by atoms with Gasteiger partial charge in [0.25, 0.3) is 0 Å². The number of benzene rings is 10. The van der Waals surface area contributed by atoms with Gasteiger partial charge in [-0.15, -0.1) is 0 Å². The first-order chi connectivity index (χ1) is 34.7. The van der Waals surface area contributed by atoms with Gasteiger partial charge in [-0.3, -0.25) is 0 Å². The first-order valence-corrected chi connectivity index (χ1v) is 24.2. The van der Waals surface area contributed by atoms with Crippen LogP contribution in [0.25, 0.3) is 58.7 Å². The Bertz CT molecular complexity index is 3140. The van der Waals surface area contributed by atoms with Crippen molar-refractivity contribution < 1.29 is 0 Å². The second-order valence-corrected chi connectivity index (χ2v) is 17.7. The van der Waals surface area contributed by atoms with E-state index in [0.717, 1.165) is 24.0 Å². The maximum atomic E-state index is 2.33. The summed E-state index contributed by atoms with van der Waals surface area (Å²) in [6.45, 7) is 0. The quantitative estimate of drug-likeness (QED) is 0.0900. The van der Waals surface area contributed by atoms with Gasteiger partial charge in [-0.25, -0.2) is 0 Å². The Balaban J connectivity index is 0.833. The van der Waals surface area contributed by atoms with Gasteiger partial charge < -0.3 is 0 Å². The SMILES string of the molecule is C(=Cc1ccccc1C=C(c1ccccc1)c1ccc(Cc2ccccc2)cc1)c1ccc(-c2ccc(C=Cc3ccccc3C=C(c3ccccc3)c3ccc(Cc4ccccc4)cc3)cc2)cc1. The Morgan fingerprint density at radius 1 is 0.229 bits per heavy atom. The zero-order valence-corrected chi connectivity index (χ0v) is 39.3. The maximum absolute atomic E-state index is 2.33. The van der Waals surface area contributed by atoms with Gasteiger partial charge in [-0.2, -0.15) is 0 Å². The van der Waals surface area contributed by atoms with Gasteiger partial charge in [0.15, 0.2) is 0 Å². The third-order valence-corrected chi connectivity index (χ3v) is 12.9. The Labute approximate surface area is 414 Å². The molecule has 10 aromatic rings. The highest BCUT2D eigenvalue weighted by molar-refractivity contribution is 5.95. The minimum absolute atomic E-state index is 0.920. The highest BCUT2D eigenvalue weighted by Gasteiger charge is 2.10. The van der Waals surface area contributed by atoms with Gasteiger partial charge >= 0.3 is 0 Å². The normalized spacial score (nSPS) is 11.9. The number of rotatable bonds is 15. The molecule has 0 unspecified atom stereocenters. The lowest BCUT2D eigenvalue weighted by Crippen LogP contribution is -1.92. The molecule has 0 saturated heterocycles. The van der Waals surface area contributed by atoms with E-state index in [0.29, 0.717) is 0 Å². The zero-order valence-electron chi connectivity index (χ0n) is 39.3. The van der Waals surface area contributed by atoms with Crippen molar-refractivity contribution in [3.8, 4) is 11.1 Å². The zero-order chi connectivity index (χ0) is 47.2. The molecule has 0 nitrogen and oxygen atoms in total. The molecule has 0 N–H and O–H groups in total. The monoisotopic (exact) mass is 894 g/mol. The third kappa shape index (κ3) is 11.6. The molecule has 0 spiro atoms. The van der Waals surface area contributed by atoms with Crippen LogP contribution in [0, 0.1) is 0 Å². The molecule has 0 fully saturated rings. The Hall–Kier alpha value is -8.84. The molecule has 70 heavy (non-hydrogen) atoms. The van der Waals surface area contributed by atoms with E-state index in [-0.39, 0.29) is 0 Å². The molecule has 0 aliphatic rings. The second-order valence-electron chi connectivity index (χ2n) is 17.7. The summed E-state index contributed by atoms with van der Waals surface area (Å²) in [5, 5.41) is 0. The summed E-state index contributed by atoms with van der Waals surface area (Å²) in [6, 6.07) is 95.8. The van der Waals surface area contributed by atoms with E-state index < -0.39 is 0 Å². The average Bonchev–Trinajstić information content (AvgIpc) is 3.43. The van der Waals surface area contributed by atoms with Crippen LogP contribution in [0.5, 0.6) is 0 Å². The van der Waals surface area contributed by atoms with Crippen molar-refractivity contribution in [3.05, 3.63) is 345 Å². The van der Waals surface area contributed by atoms with Crippen molar-refractivity contribution in [2.24, 2.45) is 0 Å². The van der Waals surface area contributed by atoms with E-state index in [1.807, 2.05) is 0 Å². The van der Waals surface area contributed by atoms with Gasteiger partial charge in [0.2, 0.25) is 0 Å². The van der Waals surface area contributed by atoms with E-state index in [1.54, 1.807) is 0 Å². The van der Waals surface area contributed by atoms with Crippen molar-refractivity contribution in [3.63, 3.8) is 0 Å². The molecule has 10 rings (SSSR count). The molecular formula is C70H54. The molecule has 0 heteroatoms. The predicted molar refractivity (Wildman–Crippen MR) is 301 cm³/mol. The summed E-state index contributed by atoms with van der Waals surface area (Å²) in [7, 11) is 0. The molecule has 0 radical (unpaired) electrons. The lowest BCUT2D eigenvalue weighted by Gasteiger charge is -2.12. The second kappa shape index (κ2) is 22.3. The summed E-state index contributed by atoms with van der Waals surface area (Å²) in [4.78, 5) is 0. The first kappa shape index (κ1) is 45.0. The van der Waals surface area contributed by atoms with Crippen LogP contribution in [0.1, 0.15) is 77.9 Å². The van der Waals surface area contributed by atoms with Crippen LogP contribution >= 0.6 is 0 Å². The van der Waals surface area contributed by atoms with Crippen LogP contribution < -0.4 is 0 Å². The third-order valence-electron chi connectivity index (χ3n) is 12.9. The highest BCUT2D eigenvalue weighted by atomic mass is 14.1.